The Hall–Kier alpha value is -0.150. The van der Waals surface area contributed by atoms with Gasteiger partial charge in [0.2, 0.25) is 0 Å². The summed E-state index contributed by atoms with van der Waals surface area (Å²) < 4.78 is 5.64. The van der Waals surface area contributed by atoms with Crippen LogP contribution in [-0.2, 0) is 4.74 Å². The van der Waals surface area contributed by atoms with Crippen molar-refractivity contribution in [1.29, 1.82) is 0 Å². The standard InChI is InChI=1S/C12H21NO5S/c13-7-4-2-1-3-6(5-14)19-12-10(17)8(15)9(16)11(7)18-12/h1-2,6-12,14-17H,3-5,13H2/b2-1-/t6?,7-,8+,9-,10-,11-,12-/m1/s1. The molecule has 6 nitrogen and oxygen atoms in total. The van der Waals surface area contributed by atoms with E-state index in [1.807, 2.05) is 12.2 Å². The zero-order chi connectivity index (χ0) is 14.0. The van der Waals surface area contributed by atoms with Crippen LogP contribution in [0.1, 0.15) is 12.8 Å². The van der Waals surface area contributed by atoms with Crippen LogP contribution in [0.25, 0.3) is 0 Å². The zero-order valence-electron chi connectivity index (χ0n) is 10.5. The quantitative estimate of drug-likeness (QED) is 0.376. The Labute approximate surface area is 116 Å². The summed E-state index contributed by atoms with van der Waals surface area (Å²) in [7, 11) is 0. The van der Waals surface area contributed by atoms with Crippen LogP contribution < -0.4 is 5.73 Å². The van der Waals surface area contributed by atoms with E-state index in [0.717, 1.165) is 0 Å². The molecule has 2 rings (SSSR count). The van der Waals surface area contributed by atoms with Gasteiger partial charge in [-0.05, 0) is 12.8 Å². The summed E-state index contributed by atoms with van der Waals surface area (Å²) in [5.74, 6) is 0. The first kappa shape index (κ1) is 15.2. The number of thioether (sulfide) groups is 1. The van der Waals surface area contributed by atoms with Gasteiger partial charge in [0, 0.05) is 11.3 Å². The Morgan fingerprint density at radius 1 is 1.11 bits per heavy atom. The summed E-state index contributed by atoms with van der Waals surface area (Å²) >= 11 is 1.26. The normalized spacial score (nSPS) is 49.6. The highest BCUT2D eigenvalue weighted by Crippen LogP contribution is 2.34. The molecule has 0 radical (unpaired) electrons. The van der Waals surface area contributed by atoms with Crippen molar-refractivity contribution in [3.8, 4) is 0 Å². The number of hydrogen-bond acceptors (Lipinski definition) is 7. The molecule has 0 aromatic heterocycles. The van der Waals surface area contributed by atoms with Crippen molar-refractivity contribution < 1.29 is 25.2 Å². The van der Waals surface area contributed by atoms with E-state index >= 15 is 0 Å². The second-order valence-corrected chi connectivity index (χ2v) is 6.39. The molecule has 0 aliphatic carbocycles. The Bertz CT molecular complexity index is 329. The SMILES string of the molecule is N[C@@H]1C/C=C\CC(CO)S[C@H]2O[C@H]1[C@H](O)[C@H](O)[C@H]2O. The third-order valence-corrected chi connectivity index (χ3v) is 4.92. The highest BCUT2D eigenvalue weighted by molar-refractivity contribution is 8.00. The monoisotopic (exact) mass is 291 g/mol. The predicted octanol–water partition coefficient (Wildman–Crippen LogP) is -1.43. The molecule has 0 saturated carbocycles. The fourth-order valence-electron chi connectivity index (χ4n) is 2.34. The molecule has 110 valence electrons. The van der Waals surface area contributed by atoms with E-state index in [4.69, 9.17) is 10.5 Å². The molecule has 7 heteroatoms. The zero-order valence-corrected chi connectivity index (χ0v) is 11.3. The van der Waals surface area contributed by atoms with Gasteiger partial charge in [0.05, 0.1) is 6.61 Å². The lowest BCUT2D eigenvalue weighted by Crippen LogP contribution is -2.61. The summed E-state index contributed by atoms with van der Waals surface area (Å²) in [5, 5.41) is 38.9. The van der Waals surface area contributed by atoms with Gasteiger partial charge >= 0.3 is 0 Å². The lowest BCUT2D eigenvalue weighted by molar-refractivity contribution is -0.202. The van der Waals surface area contributed by atoms with Gasteiger partial charge in [0.1, 0.15) is 29.9 Å². The maximum atomic E-state index is 9.94. The minimum Gasteiger partial charge on any atom is -0.395 e. The van der Waals surface area contributed by atoms with E-state index < -0.39 is 35.9 Å². The molecular formula is C12H21NO5S. The highest BCUT2D eigenvalue weighted by Gasteiger charge is 2.46. The van der Waals surface area contributed by atoms with Gasteiger partial charge in [-0.3, -0.25) is 0 Å². The number of aliphatic hydroxyl groups excluding tert-OH is 4. The van der Waals surface area contributed by atoms with Crippen molar-refractivity contribution in [1.82, 2.24) is 0 Å². The number of ether oxygens (including phenoxy) is 1. The Kier molecular flexibility index (Phi) is 5.24. The molecule has 1 saturated heterocycles. The molecule has 1 unspecified atom stereocenters. The third kappa shape index (κ3) is 3.30. The average Bonchev–Trinajstić information content (AvgIpc) is 2.41. The van der Waals surface area contributed by atoms with E-state index in [-0.39, 0.29) is 11.9 Å². The van der Waals surface area contributed by atoms with E-state index in [1.54, 1.807) is 0 Å². The van der Waals surface area contributed by atoms with Crippen molar-refractivity contribution in [2.45, 2.75) is 54.0 Å². The minimum absolute atomic E-state index is 0.0447. The molecule has 0 amide bonds. The van der Waals surface area contributed by atoms with Crippen LogP contribution in [0, 0.1) is 0 Å². The number of fused-ring (bicyclic) bond motifs is 2. The van der Waals surface area contributed by atoms with Crippen molar-refractivity contribution in [2.24, 2.45) is 5.73 Å². The highest BCUT2D eigenvalue weighted by atomic mass is 32.2. The maximum absolute atomic E-state index is 9.94. The van der Waals surface area contributed by atoms with Crippen LogP contribution >= 0.6 is 11.8 Å². The van der Waals surface area contributed by atoms with Crippen LogP contribution in [0.15, 0.2) is 12.2 Å². The van der Waals surface area contributed by atoms with Gasteiger partial charge in [-0.15, -0.1) is 11.8 Å². The lowest BCUT2D eigenvalue weighted by atomic mass is 9.93. The molecule has 2 aliphatic heterocycles. The van der Waals surface area contributed by atoms with Gasteiger partial charge < -0.3 is 30.9 Å². The van der Waals surface area contributed by atoms with Crippen LogP contribution in [0.4, 0.5) is 0 Å². The van der Waals surface area contributed by atoms with Crippen molar-refractivity contribution in [3.05, 3.63) is 12.2 Å². The van der Waals surface area contributed by atoms with Crippen LogP contribution in [-0.4, -0.2) is 68.2 Å². The number of rotatable bonds is 1. The Morgan fingerprint density at radius 2 is 1.79 bits per heavy atom. The maximum Gasteiger partial charge on any atom is 0.132 e. The topological polar surface area (TPSA) is 116 Å². The number of nitrogens with two attached hydrogens (primary N) is 1. The Morgan fingerprint density at radius 3 is 2.47 bits per heavy atom. The first-order valence-corrected chi connectivity index (χ1v) is 7.35. The number of hydrogen-bond donors (Lipinski definition) is 5. The largest absolute Gasteiger partial charge is 0.395 e. The lowest BCUT2D eigenvalue weighted by Gasteiger charge is -2.43. The van der Waals surface area contributed by atoms with Crippen LogP contribution in [0.3, 0.4) is 0 Å². The predicted molar refractivity (Wildman–Crippen MR) is 71.5 cm³/mol. The Balaban J connectivity index is 2.21. The van der Waals surface area contributed by atoms with Gasteiger partial charge in [0.25, 0.3) is 0 Å². The van der Waals surface area contributed by atoms with Crippen molar-refractivity contribution in [3.63, 3.8) is 0 Å². The summed E-state index contributed by atoms with van der Waals surface area (Å²) in [6.07, 6.45) is 0.571. The third-order valence-electron chi connectivity index (χ3n) is 3.53. The first-order chi connectivity index (χ1) is 9.04. The molecule has 0 spiro atoms. The van der Waals surface area contributed by atoms with Crippen LogP contribution in [0.5, 0.6) is 0 Å². The minimum atomic E-state index is -1.29. The van der Waals surface area contributed by atoms with E-state index in [0.29, 0.717) is 12.8 Å². The van der Waals surface area contributed by atoms with Gasteiger partial charge in [-0.25, -0.2) is 0 Å². The fraction of sp³-hybridized carbons (Fsp3) is 0.833. The molecule has 2 aliphatic rings. The summed E-state index contributed by atoms with van der Waals surface area (Å²) in [6.45, 7) is -0.0447. The molecule has 2 heterocycles. The molecule has 0 aromatic rings. The van der Waals surface area contributed by atoms with Crippen molar-refractivity contribution >= 4 is 11.8 Å². The second kappa shape index (κ2) is 6.53. The second-order valence-electron chi connectivity index (χ2n) is 4.99. The molecule has 0 aromatic carbocycles. The first-order valence-electron chi connectivity index (χ1n) is 6.41. The molecule has 6 N–H and O–H groups in total. The number of aliphatic hydroxyl groups is 4. The van der Waals surface area contributed by atoms with Crippen molar-refractivity contribution in [2.75, 3.05) is 6.61 Å². The number of allylic oxidation sites excluding steroid dienone is 1. The summed E-state index contributed by atoms with van der Waals surface area (Å²) in [5.41, 5.74) is 5.26. The molecule has 2 bridgehead atoms. The van der Waals surface area contributed by atoms with E-state index in [1.165, 1.54) is 11.8 Å². The fourth-order valence-corrected chi connectivity index (χ4v) is 3.54. The molecule has 1 fully saturated rings. The molecular weight excluding hydrogens is 270 g/mol. The molecule has 19 heavy (non-hydrogen) atoms. The smallest absolute Gasteiger partial charge is 0.132 e. The van der Waals surface area contributed by atoms with Gasteiger partial charge in [-0.1, -0.05) is 12.2 Å². The summed E-state index contributed by atoms with van der Waals surface area (Å²) in [6, 6.07) is -0.442. The molecule has 7 atom stereocenters. The van der Waals surface area contributed by atoms with E-state index in [9.17, 15) is 20.4 Å². The van der Waals surface area contributed by atoms with Crippen LogP contribution in [0.2, 0.25) is 0 Å². The van der Waals surface area contributed by atoms with Gasteiger partial charge in [-0.2, -0.15) is 0 Å². The average molecular weight is 291 g/mol. The van der Waals surface area contributed by atoms with E-state index in [2.05, 4.69) is 0 Å². The van der Waals surface area contributed by atoms with Gasteiger partial charge in [0.15, 0.2) is 0 Å². The summed E-state index contributed by atoms with van der Waals surface area (Å²) in [4.78, 5) is 0.